The average Bonchev–Trinajstić information content (AvgIpc) is 2.31. The summed E-state index contributed by atoms with van der Waals surface area (Å²) < 4.78 is 41.5. The monoisotopic (exact) mass is 1250 g/mol. The van der Waals surface area contributed by atoms with Crippen molar-refractivity contribution in [2.75, 3.05) is 0 Å². The molecule has 91 heavy (non-hydrogen) atoms. The van der Waals surface area contributed by atoms with E-state index in [1.165, 1.54) is 36.4 Å². The van der Waals surface area contributed by atoms with Crippen LogP contribution in [0.3, 0.4) is 0 Å². The molecule has 9 aromatic rings. The van der Waals surface area contributed by atoms with Crippen molar-refractivity contribution >= 4 is 103 Å². The van der Waals surface area contributed by atoms with Gasteiger partial charge in [-0.15, -0.1) is 0 Å². The van der Waals surface area contributed by atoms with Crippen molar-refractivity contribution in [2.24, 2.45) is 21.8 Å². The van der Waals surface area contributed by atoms with Gasteiger partial charge in [0.1, 0.15) is 40.9 Å². The van der Waals surface area contributed by atoms with E-state index in [9.17, 15) is 62.1 Å². The smallest absolute Gasteiger partial charge is 0.326 e. The van der Waals surface area contributed by atoms with Gasteiger partial charge in [-0.2, -0.15) is 0 Å². The van der Waals surface area contributed by atoms with Gasteiger partial charge in [0, 0.05) is 84.5 Å². The summed E-state index contributed by atoms with van der Waals surface area (Å²) in [7, 11) is 0. The maximum absolute atomic E-state index is 14.7. The van der Waals surface area contributed by atoms with E-state index in [0.717, 1.165) is 27.5 Å². The normalized spacial score (nSPS) is 13.5. The Morgan fingerprint density at radius 3 is 1.86 bits per heavy atom. The number of hydrogen-bond donors (Lipinski definition) is 5. The molecule has 0 bridgehead atoms. The largest absolute Gasteiger partial charge is 0.481 e. The van der Waals surface area contributed by atoms with Crippen molar-refractivity contribution in [2.45, 2.75) is 76.7 Å². The maximum atomic E-state index is 14.7. The number of carboxylic acids is 3. The summed E-state index contributed by atoms with van der Waals surface area (Å²) in [6.45, 7) is 1.66. The number of ketones is 3. The number of rotatable bonds is 23. The molecule has 0 saturated heterocycles. The molecule has 0 spiro atoms. The van der Waals surface area contributed by atoms with Gasteiger partial charge in [0.15, 0.2) is 5.78 Å². The van der Waals surface area contributed by atoms with Crippen LogP contribution in [0.4, 0.5) is 24.5 Å². The van der Waals surface area contributed by atoms with Crippen molar-refractivity contribution in [3.05, 3.63) is 238 Å². The SMILES string of the molecule is CC(C(=O)C[C@H](CC1=Nc2ccc(F)cc2C1)C(=O)O)c1ccc(-c2ccccc2)c(F)c1.O=C(/C=C/c1cccc2ccccc12)N[C@H](Cc1nc2ccc(Cl)cc2[nH]1)C(=O)O.O=C(CCC(=O)c1ccccc1)C[C@H](CC1=Nc2ccc(F)cc2C1)C(=O)O. The van der Waals surface area contributed by atoms with E-state index < -0.39 is 53.4 Å². The van der Waals surface area contributed by atoms with Crippen molar-refractivity contribution in [1.82, 2.24) is 15.3 Å². The fourth-order valence-corrected chi connectivity index (χ4v) is 10.9. The number of aromatic nitrogens is 2. The highest BCUT2D eigenvalue weighted by Gasteiger charge is 2.30. The summed E-state index contributed by atoms with van der Waals surface area (Å²) in [6, 6.07) is 48.7. The molecule has 0 aliphatic carbocycles. The summed E-state index contributed by atoms with van der Waals surface area (Å²) in [5.74, 6) is -7.69. The summed E-state index contributed by atoms with van der Waals surface area (Å²) in [5, 5.41) is 33.8. The number of H-pyrrole nitrogens is 1. The van der Waals surface area contributed by atoms with Gasteiger partial charge in [-0.05, 0) is 118 Å². The molecule has 0 radical (unpaired) electrons. The Morgan fingerprint density at radius 1 is 0.626 bits per heavy atom. The van der Waals surface area contributed by atoms with E-state index in [0.29, 0.717) is 79.8 Å². The lowest BCUT2D eigenvalue weighted by Gasteiger charge is -2.16. The predicted molar refractivity (Wildman–Crippen MR) is 343 cm³/mol. The first-order chi connectivity index (χ1) is 43.7. The Morgan fingerprint density at radius 2 is 1.23 bits per heavy atom. The molecule has 2 aliphatic heterocycles. The van der Waals surface area contributed by atoms with Crippen molar-refractivity contribution < 1.29 is 62.1 Å². The molecule has 1 unspecified atom stereocenters. The fourth-order valence-electron chi connectivity index (χ4n) is 10.7. The highest BCUT2D eigenvalue weighted by Crippen LogP contribution is 2.33. The Balaban J connectivity index is 0.000000162. The number of nitrogens with one attached hydrogen (secondary N) is 2. The zero-order valence-electron chi connectivity index (χ0n) is 49.1. The van der Waals surface area contributed by atoms with Crippen molar-refractivity contribution in [1.29, 1.82) is 0 Å². The van der Waals surface area contributed by atoms with E-state index in [1.807, 2.05) is 72.8 Å². The van der Waals surface area contributed by atoms with E-state index >= 15 is 0 Å². The van der Waals surface area contributed by atoms with Crippen LogP contribution in [0.5, 0.6) is 0 Å². The maximum Gasteiger partial charge on any atom is 0.326 e. The lowest BCUT2D eigenvalue weighted by molar-refractivity contribution is -0.144. The Kier molecular flexibility index (Phi) is 21.5. The lowest BCUT2D eigenvalue weighted by atomic mass is 9.87. The number of fused-ring (bicyclic) bond motifs is 4. The number of carbonyl (C=O) groups is 7. The third-order valence-corrected chi connectivity index (χ3v) is 15.8. The highest BCUT2D eigenvalue weighted by molar-refractivity contribution is 6.31. The van der Waals surface area contributed by atoms with Gasteiger partial charge in [-0.3, -0.25) is 38.8 Å². The first kappa shape index (κ1) is 65.0. The number of carbonyl (C=O) groups excluding carboxylic acids is 4. The third kappa shape index (κ3) is 17.7. The molecule has 11 rings (SSSR count). The quantitative estimate of drug-likeness (QED) is 0.0298. The standard InChI is InChI=1S/C27H23F2NO3.C23H18ClN3O3.C22H20FNO4/c1-16(18-7-9-23(24(29)14-18)17-5-3-2-4-6-17)26(31)15-20(27(32)33)13-22-12-19-11-21(28)8-10-25(19)30-22;24-16-9-10-18-19(12-16)26-21(25-18)13-20(23(29)30)27-22(28)11-8-15-6-3-5-14-4-1-2-7-17(14)15;23-17-6-8-20-15(10-17)11-18(24-20)12-16(22(27)28)13-19(25)7-9-21(26)14-4-2-1-3-5-14/h2-11,14,16,20H,12-13,15H2,1H3,(H,32,33);1-12,20H,13H2,(H,25,26)(H,27,28)(H,29,30);1-6,8,10,16H,7,9,11-13H2,(H,27,28)/b;11-8+;/t16?,20-;20-;16-/m010/s1. The second kappa shape index (κ2) is 30.2. The minimum atomic E-state index is -1.14. The van der Waals surface area contributed by atoms with Gasteiger partial charge in [-0.25, -0.2) is 22.9 Å². The molecule has 1 amide bonds. The summed E-state index contributed by atoms with van der Waals surface area (Å²) >= 11 is 5.97. The summed E-state index contributed by atoms with van der Waals surface area (Å²) in [4.78, 5) is 101. The Bertz CT molecular complexity index is 4320. The van der Waals surface area contributed by atoms with Crippen LogP contribution < -0.4 is 5.32 Å². The molecular weight excluding hydrogens is 1190 g/mol. The van der Waals surface area contributed by atoms with Crippen LogP contribution in [0, 0.1) is 29.3 Å². The average molecular weight is 1250 g/mol. The molecule has 2 aliphatic rings. The van der Waals surface area contributed by atoms with Gasteiger partial charge in [0.05, 0.1) is 34.2 Å². The second-order valence-corrected chi connectivity index (χ2v) is 22.6. The number of halogens is 4. The molecule has 8 aromatic carbocycles. The van der Waals surface area contributed by atoms with Crippen molar-refractivity contribution in [3.63, 3.8) is 0 Å². The zero-order valence-corrected chi connectivity index (χ0v) is 49.9. The molecule has 0 fully saturated rings. The van der Waals surface area contributed by atoms with Crippen LogP contribution in [0.15, 0.2) is 192 Å². The molecule has 3 heterocycles. The Labute approximate surface area is 526 Å². The Hall–Kier alpha value is -10.5. The molecular formula is C72H61ClF3N5O10. The molecule has 462 valence electrons. The van der Waals surface area contributed by atoms with Crippen LogP contribution in [-0.2, 0) is 48.0 Å². The lowest BCUT2D eigenvalue weighted by Crippen LogP contribution is -2.41. The minimum Gasteiger partial charge on any atom is -0.481 e. The van der Waals surface area contributed by atoms with Gasteiger partial charge in [-0.1, -0.05) is 134 Å². The van der Waals surface area contributed by atoms with Crippen LogP contribution in [-0.4, -0.2) is 83.9 Å². The molecule has 15 nitrogen and oxygen atoms in total. The number of nitrogens with zero attached hydrogens (tertiary/aromatic N) is 3. The zero-order chi connectivity index (χ0) is 64.7. The minimum absolute atomic E-state index is 0.00935. The van der Waals surface area contributed by atoms with Crippen LogP contribution in [0.25, 0.3) is 39.0 Å². The molecule has 4 atom stereocenters. The topological polar surface area (TPSA) is 246 Å². The van der Waals surface area contributed by atoms with Gasteiger partial charge >= 0.3 is 17.9 Å². The van der Waals surface area contributed by atoms with E-state index in [4.69, 9.17) is 11.6 Å². The summed E-state index contributed by atoms with van der Waals surface area (Å²) in [6.07, 6.45) is 3.75. The number of aromatic amines is 1. The summed E-state index contributed by atoms with van der Waals surface area (Å²) in [5.41, 5.74) is 8.43. The van der Waals surface area contributed by atoms with Crippen LogP contribution in [0.2, 0.25) is 5.02 Å². The van der Waals surface area contributed by atoms with Crippen molar-refractivity contribution in [3.8, 4) is 11.1 Å². The molecule has 0 saturated carbocycles. The van der Waals surface area contributed by atoms with E-state index in [-0.39, 0.29) is 73.9 Å². The molecule has 5 N–H and O–H groups in total. The third-order valence-electron chi connectivity index (χ3n) is 15.5. The van der Waals surface area contributed by atoms with Gasteiger partial charge < -0.3 is 25.6 Å². The molecule has 1 aromatic heterocycles. The highest BCUT2D eigenvalue weighted by atomic mass is 35.5. The number of amides is 1. The van der Waals surface area contributed by atoms with E-state index in [1.54, 1.807) is 85.8 Å². The number of Topliss-reactive ketones (excluding diaryl/α,β-unsaturated/α-hetero) is 3. The number of hydrogen-bond acceptors (Lipinski definition) is 10. The van der Waals surface area contributed by atoms with Crippen LogP contribution >= 0.6 is 11.6 Å². The van der Waals surface area contributed by atoms with Gasteiger partial charge in [0.25, 0.3) is 0 Å². The van der Waals surface area contributed by atoms with Crippen LogP contribution in [0.1, 0.15) is 89.8 Å². The predicted octanol–water partition coefficient (Wildman–Crippen LogP) is 14.5. The number of benzene rings is 8. The fraction of sp³-hybridized carbons (Fsp3) is 0.194. The number of carboxylic acid groups (broad SMARTS) is 3. The van der Waals surface area contributed by atoms with Gasteiger partial charge in [0.2, 0.25) is 5.91 Å². The van der Waals surface area contributed by atoms with E-state index in [2.05, 4.69) is 25.3 Å². The number of aliphatic imine (C=N–C) groups is 2. The first-order valence-electron chi connectivity index (χ1n) is 29.2. The first-order valence-corrected chi connectivity index (χ1v) is 29.6. The molecule has 19 heteroatoms. The number of imidazole rings is 1. The number of aliphatic carboxylic acids is 3. The second-order valence-electron chi connectivity index (χ2n) is 22.1.